The van der Waals surface area contributed by atoms with Gasteiger partial charge in [-0.15, -0.1) is 12.8 Å². The van der Waals surface area contributed by atoms with Crippen molar-refractivity contribution >= 4 is 43.6 Å². The highest BCUT2D eigenvalue weighted by Crippen LogP contribution is 2.29. The van der Waals surface area contributed by atoms with Gasteiger partial charge in [0.1, 0.15) is 0 Å². The molecule has 0 aliphatic rings. The lowest BCUT2D eigenvalue weighted by Gasteiger charge is -2.23. The molecule has 0 radical (unpaired) electrons. The Morgan fingerprint density at radius 2 is 1.25 bits per heavy atom. The van der Waals surface area contributed by atoms with Gasteiger partial charge in [0, 0.05) is 21.5 Å². The molecule has 2 heterocycles. The van der Waals surface area contributed by atoms with Gasteiger partial charge in [0.15, 0.2) is 10.9 Å². The highest BCUT2D eigenvalue weighted by molar-refractivity contribution is 6.03. The highest BCUT2D eigenvalue weighted by atomic mass is 16.1. The molecule has 4 nitrogen and oxygen atoms in total. The Morgan fingerprint density at radius 1 is 0.722 bits per heavy atom. The van der Waals surface area contributed by atoms with E-state index in [0.29, 0.717) is 32.6 Å². The Kier molecular flexibility index (Phi) is 5.70. The molecule has 0 bridgehead atoms. The van der Waals surface area contributed by atoms with E-state index in [1.54, 1.807) is 6.07 Å². The van der Waals surface area contributed by atoms with Crippen molar-refractivity contribution in [1.29, 1.82) is 0 Å². The van der Waals surface area contributed by atoms with E-state index in [2.05, 4.69) is 38.7 Å². The van der Waals surface area contributed by atoms with E-state index in [9.17, 15) is 9.59 Å². The van der Waals surface area contributed by atoms with Crippen LogP contribution in [0.1, 0.15) is 32.8 Å². The second-order valence-corrected chi connectivity index (χ2v) is 10.2. The summed E-state index contributed by atoms with van der Waals surface area (Å²) >= 11 is 0. The average molecular weight is 473 g/mol. The minimum absolute atomic E-state index is 0.0702. The minimum Gasteiger partial charge on any atom is -0.328 e. The van der Waals surface area contributed by atoms with Crippen LogP contribution < -0.4 is 10.9 Å². The SMILES string of the molecule is C#CCn1c2ccccc2c(=O)c2cc3c(cc21)c(=O)c1cc(CC(C)(C)CC)ccc1n3CC#C. The zero-order valence-corrected chi connectivity index (χ0v) is 20.9. The zero-order valence-electron chi connectivity index (χ0n) is 20.9. The fourth-order valence-electron chi connectivity index (χ4n) is 5.15. The second kappa shape index (κ2) is 8.74. The molecule has 0 saturated carbocycles. The Labute approximate surface area is 210 Å². The van der Waals surface area contributed by atoms with Crippen LogP contribution >= 0.6 is 0 Å². The third-order valence-corrected chi connectivity index (χ3v) is 7.36. The van der Waals surface area contributed by atoms with Crippen molar-refractivity contribution in [2.24, 2.45) is 5.41 Å². The Bertz CT molecular complexity index is 1890. The third-order valence-electron chi connectivity index (χ3n) is 7.36. The maximum Gasteiger partial charge on any atom is 0.197 e. The lowest BCUT2D eigenvalue weighted by molar-refractivity contribution is 0.349. The van der Waals surface area contributed by atoms with E-state index in [1.807, 2.05) is 51.6 Å². The van der Waals surface area contributed by atoms with Gasteiger partial charge in [-0.05, 0) is 53.8 Å². The maximum atomic E-state index is 13.9. The number of benzene rings is 3. The molecule has 3 aromatic carbocycles. The molecule has 0 amide bonds. The van der Waals surface area contributed by atoms with Gasteiger partial charge in [0.2, 0.25) is 0 Å². The standard InChI is InChI=1S/C32H28N2O2/c1-6-15-33-26-12-10-9-11-22(26)30(35)24-18-29-25(19-28(24)33)31(36)23-17-21(20-32(4,5)8-3)13-14-27(23)34(29)16-7-2/h1-2,9-14,17-19H,8,15-16,20H2,3-5H3. The summed E-state index contributed by atoms with van der Waals surface area (Å²) in [6.07, 6.45) is 13.4. The van der Waals surface area contributed by atoms with Gasteiger partial charge in [0.25, 0.3) is 0 Å². The predicted octanol–water partition coefficient (Wildman–Crippen LogP) is 5.87. The summed E-state index contributed by atoms with van der Waals surface area (Å²) in [6.45, 7) is 7.21. The second-order valence-electron chi connectivity index (χ2n) is 10.2. The molecule has 4 heteroatoms. The van der Waals surface area contributed by atoms with Gasteiger partial charge in [-0.1, -0.05) is 57.2 Å². The predicted molar refractivity (Wildman–Crippen MR) is 150 cm³/mol. The van der Waals surface area contributed by atoms with E-state index in [-0.39, 0.29) is 29.4 Å². The summed E-state index contributed by atoms with van der Waals surface area (Å²) < 4.78 is 3.89. The number of hydrogen-bond donors (Lipinski definition) is 0. The number of rotatable bonds is 5. The monoisotopic (exact) mass is 472 g/mol. The molecule has 0 saturated heterocycles. The molecule has 5 aromatic rings. The van der Waals surface area contributed by atoms with Crippen molar-refractivity contribution in [1.82, 2.24) is 9.13 Å². The van der Waals surface area contributed by atoms with Crippen LogP contribution in [0.15, 0.2) is 64.2 Å². The molecular weight excluding hydrogens is 444 g/mol. The third kappa shape index (κ3) is 3.67. The number of para-hydroxylation sites is 1. The van der Waals surface area contributed by atoms with Crippen LogP contribution in [0.3, 0.4) is 0 Å². The van der Waals surface area contributed by atoms with Gasteiger partial charge >= 0.3 is 0 Å². The fraction of sp³-hybridized carbons (Fsp3) is 0.250. The molecule has 178 valence electrons. The Morgan fingerprint density at radius 3 is 1.83 bits per heavy atom. The highest BCUT2D eigenvalue weighted by Gasteiger charge is 2.19. The first-order chi connectivity index (χ1) is 17.3. The van der Waals surface area contributed by atoms with E-state index in [1.165, 1.54) is 0 Å². The molecule has 0 aliphatic heterocycles. The summed E-state index contributed by atoms with van der Waals surface area (Å²) in [5, 5.41) is 2.27. The van der Waals surface area contributed by atoms with Gasteiger partial charge in [0.05, 0.1) is 35.2 Å². The first-order valence-corrected chi connectivity index (χ1v) is 12.2. The van der Waals surface area contributed by atoms with Crippen molar-refractivity contribution in [3.8, 4) is 24.7 Å². The van der Waals surface area contributed by atoms with Crippen LogP contribution in [0, 0.1) is 30.1 Å². The normalized spacial score (nSPS) is 11.8. The molecule has 0 spiro atoms. The first kappa shape index (κ1) is 23.5. The van der Waals surface area contributed by atoms with Crippen LogP contribution in [0.4, 0.5) is 0 Å². The molecule has 0 atom stereocenters. The number of pyridine rings is 2. The van der Waals surface area contributed by atoms with E-state index < -0.39 is 0 Å². The topological polar surface area (TPSA) is 44.0 Å². The van der Waals surface area contributed by atoms with Crippen LogP contribution in [0.2, 0.25) is 0 Å². The Balaban J connectivity index is 1.94. The summed E-state index contributed by atoms with van der Waals surface area (Å²) in [4.78, 5) is 27.4. The van der Waals surface area contributed by atoms with Crippen LogP contribution in [0.5, 0.6) is 0 Å². The van der Waals surface area contributed by atoms with Crippen molar-refractivity contribution in [2.75, 3.05) is 0 Å². The maximum absolute atomic E-state index is 13.9. The summed E-state index contributed by atoms with van der Waals surface area (Å²) in [5.41, 5.74) is 3.91. The van der Waals surface area contributed by atoms with E-state index >= 15 is 0 Å². The molecule has 0 aliphatic carbocycles. The Hall–Kier alpha value is -4.28. The number of fused-ring (bicyclic) bond motifs is 4. The smallest absolute Gasteiger partial charge is 0.197 e. The molecule has 2 aromatic heterocycles. The summed E-state index contributed by atoms with van der Waals surface area (Å²) in [5.74, 6) is 5.42. The van der Waals surface area contributed by atoms with Crippen LogP contribution in [-0.2, 0) is 19.5 Å². The van der Waals surface area contributed by atoms with Crippen molar-refractivity contribution in [2.45, 2.75) is 46.7 Å². The molecule has 36 heavy (non-hydrogen) atoms. The average Bonchev–Trinajstić information content (AvgIpc) is 2.88. The quantitative estimate of drug-likeness (QED) is 0.237. The van der Waals surface area contributed by atoms with Gasteiger partial charge in [-0.2, -0.15) is 0 Å². The molecule has 0 unspecified atom stereocenters. The first-order valence-electron chi connectivity index (χ1n) is 12.2. The largest absolute Gasteiger partial charge is 0.328 e. The van der Waals surface area contributed by atoms with Crippen molar-refractivity contribution in [3.63, 3.8) is 0 Å². The van der Waals surface area contributed by atoms with Crippen LogP contribution in [-0.4, -0.2) is 9.13 Å². The number of terminal acetylenes is 2. The number of aromatic nitrogens is 2. The summed E-state index contributed by atoms with van der Waals surface area (Å²) in [6, 6.07) is 17.1. The van der Waals surface area contributed by atoms with Crippen molar-refractivity contribution in [3.05, 3.63) is 80.6 Å². The van der Waals surface area contributed by atoms with Gasteiger partial charge in [-0.3, -0.25) is 9.59 Å². The molecule has 0 N–H and O–H groups in total. The molecule has 0 fully saturated rings. The zero-order chi connectivity index (χ0) is 25.6. The van der Waals surface area contributed by atoms with Gasteiger partial charge < -0.3 is 9.13 Å². The number of hydrogen-bond acceptors (Lipinski definition) is 2. The number of nitrogens with zero attached hydrogens (tertiary/aromatic N) is 2. The summed E-state index contributed by atoms with van der Waals surface area (Å²) in [7, 11) is 0. The van der Waals surface area contributed by atoms with E-state index in [4.69, 9.17) is 12.8 Å². The van der Waals surface area contributed by atoms with Crippen LogP contribution in [0.25, 0.3) is 43.6 Å². The lowest BCUT2D eigenvalue weighted by Crippen LogP contribution is -2.16. The molecule has 5 rings (SSSR count). The van der Waals surface area contributed by atoms with Crippen molar-refractivity contribution < 1.29 is 0 Å². The van der Waals surface area contributed by atoms with Gasteiger partial charge in [-0.25, -0.2) is 0 Å². The molecular formula is C32H28N2O2. The lowest BCUT2D eigenvalue weighted by atomic mass is 9.83. The fourth-order valence-corrected chi connectivity index (χ4v) is 5.15. The minimum atomic E-state index is -0.0901. The van der Waals surface area contributed by atoms with E-state index in [0.717, 1.165) is 29.4 Å².